The van der Waals surface area contributed by atoms with E-state index in [1.165, 1.54) is 0 Å². The Labute approximate surface area is 94.8 Å². The fraction of sp³-hybridized carbons (Fsp3) is 0.818. The van der Waals surface area contributed by atoms with Gasteiger partial charge in [-0.1, -0.05) is 12.8 Å². The quantitative estimate of drug-likeness (QED) is 0.641. The van der Waals surface area contributed by atoms with E-state index < -0.39 is 17.5 Å². The first-order valence-electron chi connectivity index (χ1n) is 5.64. The maximum absolute atomic E-state index is 11.5. The molecular weight excluding hydrogens is 210 g/mol. The van der Waals surface area contributed by atoms with Crippen molar-refractivity contribution in [2.75, 3.05) is 6.54 Å². The molecule has 3 N–H and O–H groups in total. The highest BCUT2D eigenvalue weighted by Crippen LogP contribution is 2.41. The highest BCUT2D eigenvalue weighted by atomic mass is 16.4. The van der Waals surface area contributed by atoms with Gasteiger partial charge in [0.05, 0.1) is 11.5 Å². The second-order valence-electron chi connectivity index (χ2n) is 4.62. The predicted molar refractivity (Wildman–Crippen MR) is 57.8 cm³/mol. The molecule has 1 rings (SSSR count). The highest BCUT2D eigenvalue weighted by Gasteiger charge is 2.42. The van der Waals surface area contributed by atoms with E-state index in [1.807, 2.05) is 0 Å². The Morgan fingerprint density at radius 2 is 1.94 bits per heavy atom. The average Bonchev–Trinajstić information content (AvgIpc) is 2.64. The summed E-state index contributed by atoms with van der Waals surface area (Å²) in [7, 11) is 0. The number of hydrogen-bond acceptors (Lipinski definition) is 3. The maximum atomic E-state index is 11.5. The first kappa shape index (κ1) is 13.0. The minimum Gasteiger partial charge on any atom is -0.481 e. The van der Waals surface area contributed by atoms with E-state index in [2.05, 4.69) is 5.32 Å². The van der Waals surface area contributed by atoms with Gasteiger partial charge in [-0.2, -0.15) is 0 Å². The Hall–Kier alpha value is -1.10. The third-order valence-corrected chi connectivity index (χ3v) is 3.11. The van der Waals surface area contributed by atoms with Crippen molar-refractivity contribution in [1.82, 2.24) is 5.32 Å². The summed E-state index contributed by atoms with van der Waals surface area (Å²) < 4.78 is 0. The highest BCUT2D eigenvalue weighted by molar-refractivity contribution is 5.85. The molecule has 1 saturated carbocycles. The van der Waals surface area contributed by atoms with E-state index in [4.69, 9.17) is 10.2 Å². The Bertz CT molecular complexity index is 269. The van der Waals surface area contributed by atoms with Gasteiger partial charge in [-0.05, 0) is 19.8 Å². The molecule has 0 aromatic rings. The SMILES string of the molecule is C[C@@H](O)CNC(=O)CC1(C(=O)O)CCCC1. The summed E-state index contributed by atoms with van der Waals surface area (Å²) in [5.74, 6) is -1.16. The first-order chi connectivity index (χ1) is 7.46. The molecule has 0 heterocycles. The van der Waals surface area contributed by atoms with Crippen LogP contribution >= 0.6 is 0 Å². The molecule has 0 bridgehead atoms. The van der Waals surface area contributed by atoms with Crippen LogP contribution in [0.3, 0.4) is 0 Å². The van der Waals surface area contributed by atoms with Crippen LogP contribution < -0.4 is 5.32 Å². The number of amides is 1. The molecule has 92 valence electrons. The van der Waals surface area contributed by atoms with Crippen molar-refractivity contribution in [2.24, 2.45) is 5.41 Å². The average molecular weight is 229 g/mol. The van der Waals surface area contributed by atoms with E-state index in [0.29, 0.717) is 12.8 Å². The Morgan fingerprint density at radius 1 is 1.38 bits per heavy atom. The molecule has 5 nitrogen and oxygen atoms in total. The van der Waals surface area contributed by atoms with Crippen LogP contribution in [0.2, 0.25) is 0 Å². The molecule has 0 spiro atoms. The topological polar surface area (TPSA) is 86.6 Å². The summed E-state index contributed by atoms with van der Waals surface area (Å²) in [6.07, 6.45) is 2.31. The Balaban J connectivity index is 2.49. The van der Waals surface area contributed by atoms with Crippen LogP contribution in [-0.2, 0) is 9.59 Å². The van der Waals surface area contributed by atoms with Crippen molar-refractivity contribution >= 4 is 11.9 Å². The summed E-state index contributed by atoms with van der Waals surface area (Å²) in [6, 6.07) is 0. The van der Waals surface area contributed by atoms with Crippen LogP contribution in [0.25, 0.3) is 0 Å². The fourth-order valence-electron chi connectivity index (χ4n) is 2.15. The zero-order valence-corrected chi connectivity index (χ0v) is 9.53. The second-order valence-corrected chi connectivity index (χ2v) is 4.62. The molecule has 1 atom stereocenters. The molecule has 0 aromatic heterocycles. The summed E-state index contributed by atoms with van der Waals surface area (Å²) in [5.41, 5.74) is -0.872. The van der Waals surface area contributed by atoms with Gasteiger partial charge in [-0.15, -0.1) is 0 Å². The lowest BCUT2D eigenvalue weighted by molar-refractivity contribution is -0.151. The molecule has 0 aliphatic heterocycles. The fourth-order valence-corrected chi connectivity index (χ4v) is 2.15. The van der Waals surface area contributed by atoms with E-state index in [0.717, 1.165) is 12.8 Å². The van der Waals surface area contributed by atoms with Gasteiger partial charge in [0.25, 0.3) is 0 Å². The molecule has 1 aliphatic rings. The van der Waals surface area contributed by atoms with Crippen LogP contribution in [0.5, 0.6) is 0 Å². The van der Waals surface area contributed by atoms with E-state index in [-0.39, 0.29) is 18.9 Å². The number of nitrogens with one attached hydrogen (secondary N) is 1. The van der Waals surface area contributed by atoms with Crippen molar-refractivity contribution < 1.29 is 19.8 Å². The molecular formula is C11H19NO4. The van der Waals surface area contributed by atoms with Gasteiger partial charge in [0.15, 0.2) is 0 Å². The molecule has 1 fully saturated rings. The van der Waals surface area contributed by atoms with E-state index >= 15 is 0 Å². The van der Waals surface area contributed by atoms with E-state index in [1.54, 1.807) is 6.92 Å². The standard InChI is InChI=1S/C11H19NO4/c1-8(13)7-12-9(14)6-11(10(15)16)4-2-3-5-11/h8,13H,2-7H2,1H3,(H,12,14)(H,15,16)/t8-/m1/s1. The summed E-state index contributed by atoms with van der Waals surface area (Å²) >= 11 is 0. The van der Waals surface area contributed by atoms with E-state index in [9.17, 15) is 9.59 Å². The molecule has 0 saturated heterocycles. The molecule has 0 aromatic carbocycles. The van der Waals surface area contributed by atoms with Crippen LogP contribution in [0, 0.1) is 5.41 Å². The van der Waals surface area contributed by atoms with Gasteiger partial charge in [0.2, 0.25) is 5.91 Å². The number of aliphatic hydroxyl groups is 1. The molecule has 0 unspecified atom stereocenters. The zero-order chi connectivity index (χ0) is 12.2. The predicted octanol–water partition coefficient (Wildman–Crippen LogP) is 0.518. The zero-order valence-electron chi connectivity index (χ0n) is 9.53. The van der Waals surface area contributed by atoms with Crippen LogP contribution in [0.4, 0.5) is 0 Å². The van der Waals surface area contributed by atoms with Crippen molar-refractivity contribution in [3.63, 3.8) is 0 Å². The number of aliphatic hydroxyl groups excluding tert-OH is 1. The first-order valence-corrected chi connectivity index (χ1v) is 5.64. The van der Waals surface area contributed by atoms with Gasteiger partial charge in [0.1, 0.15) is 0 Å². The van der Waals surface area contributed by atoms with Crippen molar-refractivity contribution in [2.45, 2.75) is 45.1 Å². The Morgan fingerprint density at radius 3 is 2.38 bits per heavy atom. The number of carboxylic acids is 1. The van der Waals surface area contributed by atoms with Gasteiger partial charge in [-0.25, -0.2) is 0 Å². The number of carbonyl (C=O) groups excluding carboxylic acids is 1. The second kappa shape index (κ2) is 5.30. The van der Waals surface area contributed by atoms with Crippen LogP contribution in [0.15, 0.2) is 0 Å². The normalized spacial score (nSPS) is 20.4. The van der Waals surface area contributed by atoms with Gasteiger partial charge >= 0.3 is 5.97 Å². The van der Waals surface area contributed by atoms with Gasteiger partial charge in [0, 0.05) is 13.0 Å². The largest absolute Gasteiger partial charge is 0.481 e. The minimum atomic E-state index is -0.878. The molecule has 1 aliphatic carbocycles. The Kier molecular flexibility index (Phi) is 4.29. The summed E-state index contributed by atoms with van der Waals surface area (Å²) in [4.78, 5) is 22.7. The molecule has 5 heteroatoms. The lowest BCUT2D eigenvalue weighted by Gasteiger charge is -2.23. The maximum Gasteiger partial charge on any atom is 0.310 e. The summed E-state index contributed by atoms with van der Waals surface area (Å²) in [5, 5.41) is 20.7. The third kappa shape index (κ3) is 3.20. The van der Waals surface area contributed by atoms with Crippen LogP contribution in [-0.4, -0.2) is 34.7 Å². The number of carbonyl (C=O) groups is 2. The number of rotatable bonds is 5. The number of aliphatic carboxylic acids is 1. The molecule has 1 amide bonds. The lowest BCUT2D eigenvalue weighted by Crippen LogP contribution is -2.38. The number of hydrogen-bond donors (Lipinski definition) is 3. The minimum absolute atomic E-state index is 0.0229. The smallest absolute Gasteiger partial charge is 0.310 e. The van der Waals surface area contributed by atoms with Crippen molar-refractivity contribution in [1.29, 1.82) is 0 Å². The number of carboxylic acid groups (broad SMARTS) is 1. The molecule has 16 heavy (non-hydrogen) atoms. The third-order valence-electron chi connectivity index (χ3n) is 3.11. The monoisotopic (exact) mass is 229 g/mol. The van der Waals surface area contributed by atoms with Gasteiger partial charge < -0.3 is 15.5 Å². The van der Waals surface area contributed by atoms with Gasteiger partial charge in [-0.3, -0.25) is 9.59 Å². The van der Waals surface area contributed by atoms with Crippen molar-refractivity contribution in [3.05, 3.63) is 0 Å². The molecule has 0 radical (unpaired) electrons. The van der Waals surface area contributed by atoms with Crippen LogP contribution in [0.1, 0.15) is 39.0 Å². The van der Waals surface area contributed by atoms with Crippen molar-refractivity contribution in [3.8, 4) is 0 Å². The summed E-state index contributed by atoms with van der Waals surface area (Å²) in [6.45, 7) is 1.75. The lowest BCUT2D eigenvalue weighted by atomic mass is 9.82.